The van der Waals surface area contributed by atoms with Crippen molar-refractivity contribution < 1.29 is 4.39 Å². The average Bonchev–Trinajstić information content (AvgIpc) is 2.27. The van der Waals surface area contributed by atoms with Crippen molar-refractivity contribution in [3.63, 3.8) is 0 Å². The van der Waals surface area contributed by atoms with Crippen LogP contribution in [-0.2, 0) is 0 Å². The van der Waals surface area contributed by atoms with Crippen molar-refractivity contribution in [3.05, 3.63) is 28.0 Å². The Balaban J connectivity index is 2.35. The molecule has 1 aliphatic rings. The summed E-state index contributed by atoms with van der Waals surface area (Å²) in [5.41, 5.74) is 2.12. The Morgan fingerprint density at radius 2 is 2.12 bits per heavy atom. The van der Waals surface area contributed by atoms with Crippen LogP contribution < -0.4 is 10.2 Å². The Labute approximate surface area is 110 Å². The fourth-order valence-corrected chi connectivity index (χ4v) is 2.63. The normalized spacial score (nSPS) is 25.1. The number of halogens is 2. The molecule has 4 heteroatoms. The van der Waals surface area contributed by atoms with Crippen molar-refractivity contribution in [1.29, 1.82) is 0 Å². The summed E-state index contributed by atoms with van der Waals surface area (Å²) < 4.78 is 14.0. The largest absolute Gasteiger partial charge is 0.366 e. The molecule has 0 bridgehead atoms. The van der Waals surface area contributed by atoms with E-state index in [1.165, 1.54) is 0 Å². The van der Waals surface area contributed by atoms with E-state index in [1.54, 1.807) is 6.07 Å². The van der Waals surface area contributed by atoms with Crippen molar-refractivity contribution in [2.24, 2.45) is 0 Å². The maximum Gasteiger partial charge on any atom is 0.137 e. The average molecular weight is 301 g/mol. The van der Waals surface area contributed by atoms with Gasteiger partial charge in [0.2, 0.25) is 0 Å². The number of piperazine rings is 1. The third-order valence-electron chi connectivity index (χ3n) is 3.31. The lowest BCUT2D eigenvalue weighted by Crippen LogP contribution is -2.54. The highest BCUT2D eigenvalue weighted by Gasteiger charge is 2.24. The molecule has 1 aromatic carbocycles. The summed E-state index contributed by atoms with van der Waals surface area (Å²) in [6, 6.07) is 4.38. The van der Waals surface area contributed by atoms with E-state index in [-0.39, 0.29) is 5.82 Å². The van der Waals surface area contributed by atoms with Crippen molar-refractivity contribution >= 4 is 21.6 Å². The van der Waals surface area contributed by atoms with Crippen LogP contribution in [0.3, 0.4) is 0 Å². The lowest BCUT2D eigenvalue weighted by atomic mass is 10.1. The summed E-state index contributed by atoms with van der Waals surface area (Å²) in [4.78, 5) is 2.35. The molecule has 0 spiro atoms. The van der Waals surface area contributed by atoms with Gasteiger partial charge in [0.15, 0.2) is 0 Å². The summed E-state index contributed by atoms with van der Waals surface area (Å²) >= 11 is 3.26. The number of benzene rings is 1. The van der Waals surface area contributed by atoms with Gasteiger partial charge in [-0.05, 0) is 54.4 Å². The van der Waals surface area contributed by atoms with Gasteiger partial charge in [-0.25, -0.2) is 4.39 Å². The number of aryl methyl sites for hydroxylation is 1. The highest BCUT2D eigenvalue weighted by Crippen LogP contribution is 2.29. The fourth-order valence-electron chi connectivity index (χ4n) is 2.30. The molecule has 2 atom stereocenters. The Kier molecular flexibility index (Phi) is 3.73. The molecule has 2 rings (SSSR count). The monoisotopic (exact) mass is 300 g/mol. The molecule has 0 aliphatic carbocycles. The van der Waals surface area contributed by atoms with E-state index in [4.69, 9.17) is 0 Å². The second kappa shape index (κ2) is 4.94. The van der Waals surface area contributed by atoms with Gasteiger partial charge < -0.3 is 10.2 Å². The minimum absolute atomic E-state index is 0.193. The summed E-state index contributed by atoms with van der Waals surface area (Å²) in [7, 11) is 0. The molecule has 1 aliphatic heterocycles. The van der Waals surface area contributed by atoms with Crippen molar-refractivity contribution in [3.8, 4) is 0 Å². The van der Waals surface area contributed by atoms with Crippen LogP contribution in [0.5, 0.6) is 0 Å². The van der Waals surface area contributed by atoms with Gasteiger partial charge in [-0.15, -0.1) is 0 Å². The summed E-state index contributed by atoms with van der Waals surface area (Å²) in [5.74, 6) is -0.193. The van der Waals surface area contributed by atoms with Gasteiger partial charge in [0.05, 0.1) is 4.47 Å². The van der Waals surface area contributed by atoms with Crippen LogP contribution >= 0.6 is 15.9 Å². The third-order valence-corrected chi connectivity index (χ3v) is 3.92. The first kappa shape index (κ1) is 12.8. The molecule has 1 heterocycles. The highest BCUT2D eigenvalue weighted by molar-refractivity contribution is 9.10. The maximum absolute atomic E-state index is 13.4. The topological polar surface area (TPSA) is 15.3 Å². The number of nitrogens with zero attached hydrogens (tertiary/aromatic N) is 1. The second-order valence-corrected chi connectivity index (χ2v) is 5.72. The van der Waals surface area contributed by atoms with Crippen LogP contribution in [0, 0.1) is 12.7 Å². The molecule has 1 saturated heterocycles. The number of hydrogen-bond donors (Lipinski definition) is 1. The van der Waals surface area contributed by atoms with E-state index in [2.05, 4.69) is 40.0 Å². The van der Waals surface area contributed by atoms with E-state index in [9.17, 15) is 4.39 Å². The Morgan fingerprint density at radius 3 is 2.82 bits per heavy atom. The Morgan fingerprint density at radius 1 is 1.41 bits per heavy atom. The quantitative estimate of drug-likeness (QED) is 0.857. The summed E-state index contributed by atoms with van der Waals surface area (Å²) in [6.45, 7) is 8.25. The standard InChI is InChI=1S/C13H18BrFN2/c1-8-4-12(15)11(14)5-13(8)17-7-9(2)16-6-10(17)3/h4-5,9-10,16H,6-7H2,1-3H3. The van der Waals surface area contributed by atoms with Crippen molar-refractivity contribution in [1.82, 2.24) is 5.32 Å². The molecule has 0 radical (unpaired) electrons. The van der Waals surface area contributed by atoms with E-state index >= 15 is 0 Å². The van der Waals surface area contributed by atoms with Gasteiger partial charge >= 0.3 is 0 Å². The smallest absolute Gasteiger partial charge is 0.137 e. The van der Waals surface area contributed by atoms with E-state index in [1.807, 2.05) is 13.0 Å². The minimum Gasteiger partial charge on any atom is -0.366 e. The van der Waals surface area contributed by atoms with Crippen LogP contribution in [0.4, 0.5) is 10.1 Å². The molecule has 1 fully saturated rings. The summed E-state index contributed by atoms with van der Waals surface area (Å²) in [6.07, 6.45) is 0. The van der Waals surface area contributed by atoms with Gasteiger partial charge in [0.25, 0.3) is 0 Å². The van der Waals surface area contributed by atoms with E-state index < -0.39 is 0 Å². The predicted octanol–water partition coefficient (Wildman–Crippen LogP) is 3.08. The number of hydrogen-bond acceptors (Lipinski definition) is 2. The first-order chi connectivity index (χ1) is 7.99. The third kappa shape index (κ3) is 2.63. The lowest BCUT2D eigenvalue weighted by molar-refractivity contribution is 0.424. The molecule has 2 nitrogen and oxygen atoms in total. The molecule has 94 valence electrons. The zero-order valence-corrected chi connectivity index (χ0v) is 12.0. The van der Waals surface area contributed by atoms with Crippen LogP contribution in [-0.4, -0.2) is 25.2 Å². The molecule has 1 N–H and O–H groups in total. The van der Waals surface area contributed by atoms with Crippen molar-refractivity contribution in [2.75, 3.05) is 18.0 Å². The molecule has 0 saturated carbocycles. The molecular formula is C13H18BrFN2. The summed E-state index contributed by atoms with van der Waals surface area (Å²) in [5, 5.41) is 3.45. The minimum atomic E-state index is -0.193. The van der Waals surface area contributed by atoms with Crippen LogP contribution in [0.1, 0.15) is 19.4 Å². The molecule has 17 heavy (non-hydrogen) atoms. The van der Waals surface area contributed by atoms with Crippen LogP contribution in [0.2, 0.25) is 0 Å². The van der Waals surface area contributed by atoms with Gasteiger partial charge in [-0.2, -0.15) is 0 Å². The molecular weight excluding hydrogens is 283 g/mol. The van der Waals surface area contributed by atoms with Gasteiger partial charge in [-0.3, -0.25) is 0 Å². The zero-order valence-electron chi connectivity index (χ0n) is 10.4. The molecule has 0 amide bonds. The highest BCUT2D eigenvalue weighted by atomic mass is 79.9. The van der Waals surface area contributed by atoms with Crippen LogP contribution in [0.25, 0.3) is 0 Å². The Hall–Kier alpha value is -0.610. The SMILES string of the molecule is Cc1cc(F)c(Br)cc1N1CC(C)NCC1C. The lowest BCUT2D eigenvalue weighted by Gasteiger charge is -2.40. The van der Waals surface area contributed by atoms with Crippen molar-refractivity contribution in [2.45, 2.75) is 32.9 Å². The van der Waals surface area contributed by atoms with Crippen LogP contribution in [0.15, 0.2) is 16.6 Å². The fraction of sp³-hybridized carbons (Fsp3) is 0.538. The maximum atomic E-state index is 13.4. The number of rotatable bonds is 1. The predicted molar refractivity (Wildman–Crippen MR) is 73.1 cm³/mol. The molecule has 2 unspecified atom stereocenters. The molecule has 1 aromatic rings. The van der Waals surface area contributed by atoms with E-state index in [0.29, 0.717) is 16.6 Å². The second-order valence-electron chi connectivity index (χ2n) is 4.86. The number of nitrogens with one attached hydrogen (secondary N) is 1. The first-order valence-corrected chi connectivity index (χ1v) is 6.74. The zero-order chi connectivity index (χ0) is 12.6. The van der Waals surface area contributed by atoms with Gasteiger partial charge in [0, 0.05) is 30.9 Å². The number of anilines is 1. The van der Waals surface area contributed by atoms with Gasteiger partial charge in [-0.1, -0.05) is 0 Å². The first-order valence-electron chi connectivity index (χ1n) is 5.94. The Bertz CT molecular complexity index is 422. The van der Waals surface area contributed by atoms with E-state index in [0.717, 1.165) is 24.3 Å². The van der Waals surface area contributed by atoms with Gasteiger partial charge in [0.1, 0.15) is 5.82 Å². The molecule has 0 aromatic heterocycles.